The highest BCUT2D eigenvalue weighted by Gasteiger charge is 2.25. The number of carbonyl (C=O) groups excluding carboxylic acids is 1. The summed E-state index contributed by atoms with van der Waals surface area (Å²) in [6.45, 7) is 8.44. The summed E-state index contributed by atoms with van der Waals surface area (Å²) in [7, 11) is 1.87. The number of piperidine rings is 1. The number of ether oxygens (including phenoxy) is 1. The molecule has 1 atom stereocenters. The fraction of sp³-hybridized carbons (Fsp3) is 0.625. The number of aromatic nitrogens is 3. The van der Waals surface area contributed by atoms with E-state index in [1.807, 2.05) is 7.05 Å². The van der Waals surface area contributed by atoms with E-state index in [1.165, 1.54) is 47.7 Å². The Kier molecular flexibility index (Phi) is 7.73. The second-order valence-electron chi connectivity index (χ2n) is 9.04. The quantitative estimate of drug-likeness (QED) is 0.562. The van der Waals surface area contributed by atoms with Gasteiger partial charge in [0, 0.05) is 33.3 Å². The van der Waals surface area contributed by atoms with Crippen molar-refractivity contribution in [3.63, 3.8) is 0 Å². The first-order valence-corrected chi connectivity index (χ1v) is 12.7. The highest BCUT2D eigenvalue weighted by atomic mass is 32.2. The van der Waals surface area contributed by atoms with Gasteiger partial charge in [-0.05, 0) is 57.1 Å². The Morgan fingerprint density at radius 1 is 1.19 bits per heavy atom. The van der Waals surface area contributed by atoms with Crippen LogP contribution in [0, 0.1) is 13.8 Å². The molecule has 3 heterocycles. The number of anilines is 1. The first-order chi connectivity index (χ1) is 15.5. The summed E-state index contributed by atoms with van der Waals surface area (Å²) in [6, 6.07) is 6.38. The predicted octanol–water partition coefficient (Wildman–Crippen LogP) is 3.81. The lowest BCUT2D eigenvalue weighted by atomic mass is 10.1. The van der Waals surface area contributed by atoms with Gasteiger partial charge < -0.3 is 14.5 Å². The second-order valence-corrected chi connectivity index (χ2v) is 9.99. The number of hydrogen-bond donors (Lipinski definition) is 0. The number of amides is 1. The number of hydrogen-bond acceptors (Lipinski definition) is 6. The van der Waals surface area contributed by atoms with Crippen LogP contribution in [0.3, 0.4) is 0 Å². The van der Waals surface area contributed by atoms with Crippen molar-refractivity contribution in [1.29, 1.82) is 0 Å². The fourth-order valence-electron chi connectivity index (χ4n) is 4.47. The molecule has 1 aromatic carbocycles. The Labute approximate surface area is 195 Å². The number of thioether (sulfide) groups is 1. The van der Waals surface area contributed by atoms with Crippen LogP contribution in [-0.4, -0.2) is 64.2 Å². The monoisotopic (exact) mass is 457 g/mol. The third-order valence-corrected chi connectivity index (χ3v) is 7.35. The molecule has 0 saturated carbocycles. The van der Waals surface area contributed by atoms with E-state index in [9.17, 15) is 4.79 Å². The van der Waals surface area contributed by atoms with E-state index in [0.29, 0.717) is 12.3 Å². The minimum absolute atomic E-state index is 0.0983. The summed E-state index contributed by atoms with van der Waals surface area (Å²) in [6.07, 6.45) is 6.04. The zero-order valence-corrected chi connectivity index (χ0v) is 20.4. The van der Waals surface area contributed by atoms with Gasteiger partial charge in [-0.25, -0.2) is 0 Å². The average Bonchev–Trinajstić information content (AvgIpc) is 3.45. The van der Waals surface area contributed by atoms with E-state index in [0.717, 1.165) is 50.2 Å². The molecule has 7 nitrogen and oxygen atoms in total. The maximum Gasteiger partial charge on any atom is 0.233 e. The molecule has 1 amide bonds. The van der Waals surface area contributed by atoms with Gasteiger partial charge in [0.25, 0.3) is 0 Å². The average molecular weight is 458 g/mol. The summed E-state index contributed by atoms with van der Waals surface area (Å²) in [4.78, 5) is 17.0. The molecule has 0 bridgehead atoms. The lowest BCUT2D eigenvalue weighted by Gasteiger charge is -2.28. The van der Waals surface area contributed by atoms with Gasteiger partial charge in [0.2, 0.25) is 11.9 Å². The molecule has 1 unspecified atom stereocenters. The zero-order chi connectivity index (χ0) is 22.5. The molecule has 2 fully saturated rings. The molecule has 4 rings (SSSR count). The van der Waals surface area contributed by atoms with Crippen molar-refractivity contribution in [2.75, 3.05) is 37.4 Å². The summed E-state index contributed by atoms with van der Waals surface area (Å²) >= 11 is 1.48. The third kappa shape index (κ3) is 5.64. The minimum atomic E-state index is 0.0983. The number of rotatable bonds is 8. The van der Waals surface area contributed by atoms with Gasteiger partial charge in [-0.1, -0.05) is 35.5 Å². The van der Waals surface area contributed by atoms with Gasteiger partial charge in [0.1, 0.15) is 0 Å². The lowest BCUT2D eigenvalue weighted by Crippen LogP contribution is -2.33. The SMILES string of the molecule is Cc1ccc(CN(C)C(=O)CSc2nnc(N3CCCCC3)n2CC2CCCO2)c(C)c1. The Morgan fingerprint density at radius 3 is 2.72 bits per heavy atom. The largest absolute Gasteiger partial charge is 0.376 e. The zero-order valence-electron chi connectivity index (χ0n) is 19.5. The van der Waals surface area contributed by atoms with Crippen LogP contribution in [-0.2, 0) is 22.6 Å². The van der Waals surface area contributed by atoms with Crippen molar-refractivity contribution < 1.29 is 9.53 Å². The summed E-state index contributed by atoms with van der Waals surface area (Å²) in [5, 5.41) is 9.82. The van der Waals surface area contributed by atoms with Crippen LogP contribution >= 0.6 is 11.8 Å². The van der Waals surface area contributed by atoms with Crippen molar-refractivity contribution in [1.82, 2.24) is 19.7 Å². The molecule has 0 aliphatic carbocycles. The number of nitrogens with zero attached hydrogens (tertiary/aromatic N) is 5. The molecule has 2 aromatic rings. The van der Waals surface area contributed by atoms with Crippen LogP contribution in [0.1, 0.15) is 48.8 Å². The van der Waals surface area contributed by atoms with Crippen molar-refractivity contribution in [3.8, 4) is 0 Å². The minimum Gasteiger partial charge on any atom is -0.376 e. The van der Waals surface area contributed by atoms with Gasteiger partial charge in [0.15, 0.2) is 5.16 Å². The third-order valence-electron chi connectivity index (χ3n) is 6.40. The number of carbonyl (C=O) groups is 1. The first kappa shape index (κ1) is 23.1. The lowest BCUT2D eigenvalue weighted by molar-refractivity contribution is -0.127. The molecule has 0 radical (unpaired) electrons. The fourth-order valence-corrected chi connectivity index (χ4v) is 5.35. The van der Waals surface area contributed by atoms with E-state index in [-0.39, 0.29) is 12.0 Å². The van der Waals surface area contributed by atoms with Crippen LogP contribution < -0.4 is 4.90 Å². The highest BCUT2D eigenvalue weighted by molar-refractivity contribution is 7.99. The molecule has 8 heteroatoms. The van der Waals surface area contributed by atoms with Gasteiger partial charge in [-0.3, -0.25) is 9.36 Å². The highest BCUT2D eigenvalue weighted by Crippen LogP contribution is 2.27. The maximum absolute atomic E-state index is 12.9. The summed E-state index contributed by atoms with van der Waals surface area (Å²) in [5.74, 6) is 1.38. The van der Waals surface area contributed by atoms with Gasteiger partial charge in [-0.2, -0.15) is 0 Å². The normalized spacial score (nSPS) is 18.8. The van der Waals surface area contributed by atoms with Crippen LogP contribution in [0.5, 0.6) is 0 Å². The second kappa shape index (κ2) is 10.7. The molecule has 174 valence electrons. The van der Waals surface area contributed by atoms with Crippen molar-refractivity contribution >= 4 is 23.6 Å². The predicted molar refractivity (Wildman–Crippen MR) is 128 cm³/mol. The van der Waals surface area contributed by atoms with E-state index in [4.69, 9.17) is 4.74 Å². The van der Waals surface area contributed by atoms with Crippen molar-refractivity contribution in [2.45, 2.75) is 70.3 Å². The molecule has 2 saturated heterocycles. The molecular weight excluding hydrogens is 422 g/mol. The van der Waals surface area contributed by atoms with Crippen molar-refractivity contribution in [2.24, 2.45) is 0 Å². The molecule has 32 heavy (non-hydrogen) atoms. The van der Waals surface area contributed by atoms with Crippen molar-refractivity contribution in [3.05, 3.63) is 34.9 Å². The van der Waals surface area contributed by atoms with Crippen LogP contribution in [0.15, 0.2) is 23.4 Å². The Hall–Kier alpha value is -2.06. The molecule has 2 aliphatic rings. The van der Waals surface area contributed by atoms with Gasteiger partial charge >= 0.3 is 0 Å². The van der Waals surface area contributed by atoms with E-state index < -0.39 is 0 Å². The maximum atomic E-state index is 12.9. The Balaban J connectivity index is 1.42. The molecular formula is C24H35N5O2S. The summed E-state index contributed by atoms with van der Waals surface area (Å²) < 4.78 is 8.08. The number of aryl methyl sites for hydroxylation is 2. The van der Waals surface area contributed by atoms with Crippen LogP contribution in [0.4, 0.5) is 5.95 Å². The molecule has 1 aromatic heterocycles. The molecule has 2 aliphatic heterocycles. The van der Waals surface area contributed by atoms with E-state index in [2.05, 4.69) is 51.7 Å². The van der Waals surface area contributed by atoms with Crippen LogP contribution in [0.2, 0.25) is 0 Å². The smallest absolute Gasteiger partial charge is 0.233 e. The molecule has 0 spiro atoms. The standard InChI is InChI=1S/C24H35N5O2S/c1-18-9-10-20(19(2)14-18)15-27(3)22(30)17-32-24-26-25-23(28-11-5-4-6-12-28)29(24)16-21-8-7-13-31-21/h9-10,14,21H,4-8,11-13,15-17H2,1-3H3. The summed E-state index contributed by atoms with van der Waals surface area (Å²) in [5.41, 5.74) is 3.65. The van der Waals surface area contributed by atoms with E-state index in [1.54, 1.807) is 4.90 Å². The van der Waals surface area contributed by atoms with Gasteiger partial charge in [0.05, 0.1) is 18.4 Å². The van der Waals surface area contributed by atoms with Gasteiger partial charge in [-0.15, -0.1) is 10.2 Å². The first-order valence-electron chi connectivity index (χ1n) is 11.7. The number of benzene rings is 1. The Morgan fingerprint density at radius 2 is 2.00 bits per heavy atom. The van der Waals surface area contributed by atoms with E-state index >= 15 is 0 Å². The Bertz CT molecular complexity index is 919. The van der Waals surface area contributed by atoms with Crippen LogP contribution in [0.25, 0.3) is 0 Å². The molecule has 0 N–H and O–H groups in total. The topological polar surface area (TPSA) is 63.5 Å².